The predicted molar refractivity (Wildman–Crippen MR) is 117 cm³/mol. The van der Waals surface area contributed by atoms with Gasteiger partial charge in [0.15, 0.2) is 0 Å². The second-order valence-corrected chi connectivity index (χ2v) is 7.30. The molecule has 1 aliphatic rings. The van der Waals surface area contributed by atoms with Crippen molar-refractivity contribution in [2.75, 3.05) is 18.0 Å². The Bertz CT molecular complexity index is 1090. The number of hydrogen-bond donors (Lipinski definition) is 2. The average Bonchev–Trinajstić information content (AvgIpc) is 2.93. The van der Waals surface area contributed by atoms with Crippen molar-refractivity contribution >= 4 is 23.5 Å². The van der Waals surface area contributed by atoms with E-state index in [1.54, 1.807) is 24.3 Å². The molecule has 3 rings (SSSR count). The zero-order chi connectivity index (χ0) is 26.5. The number of carbonyl (C=O) groups is 3. The first-order chi connectivity index (χ1) is 16.9. The number of fused-ring (bicyclic) bond motifs is 1. The van der Waals surface area contributed by atoms with E-state index in [9.17, 15) is 19.5 Å². The fraction of sp³-hybridized carbons (Fsp3) is 0.375. The Morgan fingerprint density at radius 3 is 2.74 bits per heavy atom. The first-order valence-electron chi connectivity index (χ1n) is 12.5. The van der Waals surface area contributed by atoms with Crippen molar-refractivity contribution in [3.8, 4) is 0 Å². The summed E-state index contributed by atoms with van der Waals surface area (Å²) in [5.41, 5.74) is 2.09. The molecule has 0 saturated heterocycles. The smallest absolute Gasteiger partial charge is 0.326 e. The van der Waals surface area contributed by atoms with Crippen LogP contribution in [0.15, 0.2) is 54.6 Å². The second kappa shape index (κ2) is 10.7. The summed E-state index contributed by atoms with van der Waals surface area (Å²) in [6, 6.07) is 14.2. The van der Waals surface area contributed by atoms with Crippen LogP contribution in [0.4, 0.5) is 5.69 Å². The molecule has 2 atom stereocenters. The monoisotopic (exact) mass is 429 g/mol. The Labute approximate surface area is 189 Å². The summed E-state index contributed by atoms with van der Waals surface area (Å²) >= 11 is 0. The standard InChI is InChI=1S/C24H28N2O5/c1-2-31-22(27)16-26-21-11-7-6-10-18(21)13-15-19(23(26)28)25-20(24(29)30)14-12-17-8-4-3-5-9-17/h3-11,19-20,25H,2,12-16H2,1H3,(H,29,30)/t19-,20-/m0/s1/i1D3,2D2. The molecule has 0 fully saturated rings. The van der Waals surface area contributed by atoms with Gasteiger partial charge in [-0.1, -0.05) is 48.5 Å². The zero-order valence-electron chi connectivity index (χ0n) is 21.9. The van der Waals surface area contributed by atoms with Gasteiger partial charge in [-0.05, 0) is 49.7 Å². The van der Waals surface area contributed by atoms with E-state index >= 15 is 0 Å². The third-order valence-corrected chi connectivity index (χ3v) is 5.27. The molecule has 2 aromatic carbocycles. The maximum atomic E-state index is 13.5. The lowest BCUT2D eigenvalue weighted by atomic mass is 10.0. The minimum Gasteiger partial charge on any atom is -0.480 e. The van der Waals surface area contributed by atoms with Gasteiger partial charge in [-0.3, -0.25) is 24.6 Å². The molecule has 0 radical (unpaired) electrons. The summed E-state index contributed by atoms with van der Waals surface area (Å²) in [6.07, 6.45) is 1.40. The van der Waals surface area contributed by atoms with Gasteiger partial charge in [-0.25, -0.2) is 0 Å². The van der Waals surface area contributed by atoms with Crippen LogP contribution in [0.25, 0.3) is 0 Å². The lowest BCUT2D eigenvalue weighted by Crippen LogP contribution is -2.52. The van der Waals surface area contributed by atoms with E-state index in [1.165, 1.54) is 0 Å². The van der Waals surface area contributed by atoms with E-state index in [0.717, 1.165) is 16.0 Å². The van der Waals surface area contributed by atoms with Gasteiger partial charge in [0, 0.05) is 9.80 Å². The number of hydrogen-bond acceptors (Lipinski definition) is 5. The van der Waals surface area contributed by atoms with E-state index in [2.05, 4.69) is 10.1 Å². The molecule has 0 aromatic heterocycles. The number of para-hydroxylation sites is 1. The van der Waals surface area contributed by atoms with Crippen LogP contribution in [0.1, 0.15) is 37.7 Å². The fourth-order valence-corrected chi connectivity index (χ4v) is 3.73. The van der Waals surface area contributed by atoms with Crippen LogP contribution >= 0.6 is 0 Å². The third-order valence-electron chi connectivity index (χ3n) is 5.27. The molecular weight excluding hydrogens is 396 g/mol. The van der Waals surface area contributed by atoms with Crippen LogP contribution in [0.3, 0.4) is 0 Å². The maximum absolute atomic E-state index is 13.5. The zero-order valence-corrected chi connectivity index (χ0v) is 16.9. The van der Waals surface area contributed by atoms with Crippen LogP contribution in [0.2, 0.25) is 0 Å². The largest absolute Gasteiger partial charge is 0.480 e. The summed E-state index contributed by atoms with van der Waals surface area (Å²) in [4.78, 5) is 39.1. The minimum atomic E-state index is -3.23. The van der Waals surface area contributed by atoms with E-state index in [4.69, 9.17) is 6.85 Å². The number of anilines is 1. The van der Waals surface area contributed by atoms with Crippen molar-refractivity contribution in [1.82, 2.24) is 5.32 Å². The van der Waals surface area contributed by atoms with Crippen LogP contribution in [0, 0.1) is 0 Å². The SMILES string of the molecule is [2H]C([2H])([2H])C([2H])([2H])OC(=O)CN1C(=O)[C@@H](N[C@@H](CCc2ccccc2)C(=O)O)CCc2ccccc21. The number of carboxylic acid groups (broad SMARTS) is 1. The molecule has 1 amide bonds. The van der Waals surface area contributed by atoms with E-state index in [-0.39, 0.29) is 12.8 Å². The number of nitrogens with one attached hydrogen (secondary N) is 1. The van der Waals surface area contributed by atoms with Crippen LogP contribution in [-0.4, -0.2) is 48.1 Å². The van der Waals surface area contributed by atoms with Crippen molar-refractivity contribution < 1.29 is 31.1 Å². The molecular formula is C24H28N2O5. The van der Waals surface area contributed by atoms with Gasteiger partial charge in [0.05, 0.1) is 15.3 Å². The molecule has 7 nitrogen and oxygen atoms in total. The number of carbonyl (C=O) groups excluding carboxylic acids is 2. The summed E-state index contributed by atoms with van der Waals surface area (Å²) in [7, 11) is 0. The Morgan fingerprint density at radius 2 is 2.00 bits per heavy atom. The van der Waals surface area contributed by atoms with Gasteiger partial charge in [0.2, 0.25) is 5.91 Å². The molecule has 2 aromatic rings. The summed E-state index contributed by atoms with van der Waals surface area (Å²) in [5.74, 6) is -2.94. The van der Waals surface area contributed by atoms with Gasteiger partial charge >= 0.3 is 11.9 Å². The highest BCUT2D eigenvalue weighted by Gasteiger charge is 2.34. The lowest BCUT2D eigenvalue weighted by Gasteiger charge is -2.27. The van der Waals surface area contributed by atoms with E-state index in [0.29, 0.717) is 18.5 Å². The molecule has 2 N–H and O–H groups in total. The minimum absolute atomic E-state index is 0.233. The first kappa shape index (κ1) is 16.5. The summed E-state index contributed by atoms with van der Waals surface area (Å²) in [5, 5.41) is 12.7. The molecule has 0 unspecified atom stereocenters. The predicted octanol–water partition coefficient (Wildman–Crippen LogP) is 2.57. The molecule has 0 bridgehead atoms. The quantitative estimate of drug-likeness (QED) is 0.595. The first-order valence-corrected chi connectivity index (χ1v) is 10.0. The lowest BCUT2D eigenvalue weighted by molar-refractivity contribution is -0.143. The number of benzene rings is 2. The van der Waals surface area contributed by atoms with Gasteiger partial charge in [-0.15, -0.1) is 0 Å². The Hall–Kier alpha value is -3.19. The molecule has 1 aliphatic heterocycles. The Balaban J connectivity index is 1.79. The number of carboxylic acids is 1. The van der Waals surface area contributed by atoms with Crippen LogP contribution < -0.4 is 10.2 Å². The number of ether oxygens (including phenoxy) is 1. The molecule has 0 saturated carbocycles. The molecule has 1 heterocycles. The molecule has 164 valence electrons. The highest BCUT2D eigenvalue weighted by atomic mass is 16.5. The molecule has 7 heteroatoms. The van der Waals surface area contributed by atoms with Crippen molar-refractivity contribution in [3.63, 3.8) is 0 Å². The Morgan fingerprint density at radius 1 is 1.26 bits per heavy atom. The topological polar surface area (TPSA) is 95.9 Å². The highest BCUT2D eigenvalue weighted by molar-refractivity contribution is 6.02. The maximum Gasteiger partial charge on any atom is 0.326 e. The normalized spacial score (nSPS) is 20.1. The number of rotatable bonds is 9. The number of aliphatic carboxylic acids is 1. The number of esters is 1. The number of amides is 1. The van der Waals surface area contributed by atoms with Crippen LogP contribution in [0.5, 0.6) is 0 Å². The number of aryl methyl sites for hydroxylation is 2. The van der Waals surface area contributed by atoms with E-state index in [1.807, 2.05) is 30.3 Å². The van der Waals surface area contributed by atoms with Gasteiger partial charge in [0.1, 0.15) is 12.6 Å². The van der Waals surface area contributed by atoms with Gasteiger partial charge in [-0.2, -0.15) is 0 Å². The van der Waals surface area contributed by atoms with Crippen molar-refractivity contribution in [2.24, 2.45) is 0 Å². The van der Waals surface area contributed by atoms with Gasteiger partial charge in [0.25, 0.3) is 0 Å². The third kappa shape index (κ3) is 5.92. The van der Waals surface area contributed by atoms with Crippen molar-refractivity contribution in [2.45, 2.75) is 44.6 Å². The fourth-order valence-electron chi connectivity index (χ4n) is 3.73. The summed E-state index contributed by atoms with van der Waals surface area (Å²) < 4.78 is 41.3. The summed E-state index contributed by atoms with van der Waals surface area (Å²) in [6.45, 7) is -7.17. The number of nitrogens with zero attached hydrogens (tertiary/aromatic N) is 1. The van der Waals surface area contributed by atoms with E-state index < -0.39 is 49.9 Å². The molecule has 0 spiro atoms. The molecule has 0 aliphatic carbocycles. The van der Waals surface area contributed by atoms with Crippen LogP contribution in [-0.2, 0) is 32.0 Å². The van der Waals surface area contributed by atoms with Crippen molar-refractivity contribution in [1.29, 1.82) is 0 Å². The van der Waals surface area contributed by atoms with Gasteiger partial charge < -0.3 is 9.84 Å². The molecule has 31 heavy (non-hydrogen) atoms. The Kier molecular flexibility index (Phi) is 5.71. The highest BCUT2D eigenvalue weighted by Crippen LogP contribution is 2.27. The van der Waals surface area contributed by atoms with Crippen molar-refractivity contribution in [3.05, 3.63) is 65.7 Å². The average molecular weight is 430 g/mol. The second-order valence-electron chi connectivity index (χ2n) is 7.30.